The summed E-state index contributed by atoms with van der Waals surface area (Å²) >= 11 is 5.64. The molecule has 0 bridgehead atoms. The van der Waals surface area contributed by atoms with E-state index in [1.54, 1.807) is 36.4 Å². The van der Waals surface area contributed by atoms with E-state index in [9.17, 15) is 14.0 Å². The van der Waals surface area contributed by atoms with Crippen LogP contribution in [0.25, 0.3) is 0 Å². The van der Waals surface area contributed by atoms with Crippen molar-refractivity contribution in [2.45, 2.75) is 12.8 Å². The number of carboxylic acids is 1. The quantitative estimate of drug-likeness (QED) is 0.622. The van der Waals surface area contributed by atoms with E-state index in [2.05, 4.69) is 4.98 Å². The Labute approximate surface area is 165 Å². The van der Waals surface area contributed by atoms with Crippen molar-refractivity contribution in [3.05, 3.63) is 88.5 Å². The minimum Gasteiger partial charge on any atom is -0.477 e. The molecule has 0 unspecified atom stereocenters. The van der Waals surface area contributed by atoms with E-state index in [1.807, 2.05) is 0 Å². The molecule has 0 saturated carbocycles. The number of halogens is 2. The first-order valence-electron chi connectivity index (χ1n) is 8.32. The number of carboxylic acid groups (broad SMARTS) is 1. The van der Waals surface area contributed by atoms with Crippen LogP contribution in [0.15, 0.2) is 60.8 Å². The van der Waals surface area contributed by atoms with Crippen molar-refractivity contribution in [2.75, 3.05) is 0 Å². The predicted octanol–water partition coefficient (Wildman–Crippen LogP) is 4.72. The lowest BCUT2D eigenvalue weighted by Gasteiger charge is -2.07. The lowest BCUT2D eigenvalue weighted by atomic mass is 10.0. The summed E-state index contributed by atoms with van der Waals surface area (Å²) in [5.74, 6) is -0.898. The summed E-state index contributed by atoms with van der Waals surface area (Å²) < 4.78 is 19.1. The average molecular weight is 400 g/mol. The largest absolute Gasteiger partial charge is 0.477 e. The third-order valence-corrected chi connectivity index (χ3v) is 4.20. The molecule has 0 atom stereocenters. The Balaban J connectivity index is 1.61. The molecule has 0 aliphatic heterocycles. The van der Waals surface area contributed by atoms with Crippen molar-refractivity contribution in [1.29, 1.82) is 0 Å². The first kappa shape index (κ1) is 19.5. The number of carbonyl (C=O) groups is 2. The van der Waals surface area contributed by atoms with Gasteiger partial charge in [-0.2, -0.15) is 0 Å². The summed E-state index contributed by atoms with van der Waals surface area (Å²) in [6.07, 6.45) is 1.66. The molecule has 3 rings (SSSR count). The SMILES string of the molecule is O=C(Cc1ccc(Oc2ccnc(C(=O)O)c2)cc1)Cc1ccc(Cl)c(F)c1. The van der Waals surface area contributed by atoms with Crippen molar-refractivity contribution in [1.82, 2.24) is 4.98 Å². The second-order valence-corrected chi connectivity index (χ2v) is 6.48. The highest BCUT2D eigenvalue weighted by atomic mass is 35.5. The van der Waals surface area contributed by atoms with E-state index in [0.29, 0.717) is 17.1 Å². The van der Waals surface area contributed by atoms with Gasteiger partial charge in [0.1, 0.15) is 23.1 Å². The van der Waals surface area contributed by atoms with Crippen LogP contribution in [0.5, 0.6) is 11.5 Å². The minimum atomic E-state index is -1.14. The van der Waals surface area contributed by atoms with Gasteiger partial charge >= 0.3 is 5.97 Å². The number of carbonyl (C=O) groups excluding carboxylic acids is 1. The maximum Gasteiger partial charge on any atom is 0.354 e. The number of aromatic nitrogens is 1. The van der Waals surface area contributed by atoms with E-state index in [-0.39, 0.29) is 29.3 Å². The molecule has 0 aliphatic rings. The number of nitrogens with zero attached hydrogens (tertiary/aromatic N) is 1. The average Bonchev–Trinajstić information content (AvgIpc) is 2.66. The summed E-state index contributed by atoms with van der Waals surface area (Å²) in [5.41, 5.74) is 1.24. The van der Waals surface area contributed by atoms with E-state index in [4.69, 9.17) is 21.4 Å². The fourth-order valence-corrected chi connectivity index (χ4v) is 2.69. The topological polar surface area (TPSA) is 76.5 Å². The van der Waals surface area contributed by atoms with Crippen LogP contribution in [0.2, 0.25) is 5.02 Å². The molecule has 1 N–H and O–H groups in total. The van der Waals surface area contributed by atoms with Crippen LogP contribution in [0.3, 0.4) is 0 Å². The molecule has 1 heterocycles. The summed E-state index contributed by atoms with van der Waals surface area (Å²) in [6.45, 7) is 0. The molecule has 2 aromatic carbocycles. The van der Waals surface area contributed by atoms with Gasteiger partial charge in [0.05, 0.1) is 5.02 Å². The molecule has 0 aliphatic carbocycles. The normalized spacial score (nSPS) is 10.5. The molecule has 7 heteroatoms. The Morgan fingerprint density at radius 1 is 0.964 bits per heavy atom. The van der Waals surface area contributed by atoms with E-state index >= 15 is 0 Å². The number of ketones is 1. The maximum atomic E-state index is 13.5. The van der Waals surface area contributed by atoms with Crippen LogP contribution in [0, 0.1) is 5.82 Å². The first-order chi connectivity index (χ1) is 13.4. The zero-order valence-electron chi connectivity index (χ0n) is 14.6. The van der Waals surface area contributed by atoms with Crippen molar-refractivity contribution in [2.24, 2.45) is 0 Å². The van der Waals surface area contributed by atoms with Crippen molar-refractivity contribution < 1.29 is 23.8 Å². The maximum absolute atomic E-state index is 13.5. The number of Topliss-reactive ketones (excluding diaryl/α,β-unsaturated/α-hetero) is 1. The number of hydrogen-bond donors (Lipinski definition) is 1. The van der Waals surface area contributed by atoms with Crippen molar-refractivity contribution >= 4 is 23.4 Å². The standard InChI is InChI=1S/C21H15ClFNO4/c22-18-6-3-14(11-19(18)23)10-15(25)9-13-1-4-16(5-2-13)28-17-7-8-24-20(12-17)21(26)27/h1-8,11-12H,9-10H2,(H,26,27). The van der Waals surface area contributed by atoms with Crippen LogP contribution >= 0.6 is 11.6 Å². The number of ether oxygens (including phenoxy) is 1. The van der Waals surface area contributed by atoms with Gasteiger partial charge in [0.25, 0.3) is 0 Å². The molecule has 5 nitrogen and oxygen atoms in total. The Morgan fingerprint density at radius 2 is 1.64 bits per heavy atom. The molecule has 0 radical (unpaired) electrons. The van der Waals surface area contributed by atoms with Gasteiger partial charge in [0.15, 0.2) is 5.69 Å². The van der Waals surface area contributed by atoms with Gasteiger partial charge in [-0.3, -0.25) is 4.79 Å². The Morgan fingerprint density at radius 3 is 2.32 bits per heavy atom. The number of hydrogen-bond acceptors (Lipinski definition) is 4. The van der Waals surface area contributed by atoms with Crippen LogP contribution in [-0.2, 0) is 17.6 Å². The second kappa shape index (κ2) is 8.63. The molecular formula is C21H15ClFNO4. The fourth-order valence-electron chi connectivity index (χ4n) is 2.57. The molecule has 1 aromatic heterocycles. The minimum absolute atomic E-state index is 0.0245. The van der Waals surface area contributed by atoms with Gasteiger partial charge in [-0.05, 0) is 41.5 Å². The highest BCUT2D eigenvalue weighted by molar-refractivity contribution is 6.30. The van der Waals surface area contributed by atoms with Crippen LogP contribution < -0.4 is 4.74 Å². The van der Waals surface area contributed by atoms with E-state index in [0.717, 1.165) is 5.56 Å². The molecule has 142 valence electrons. The predicted molar refractivity (Wildman–Crippen MR) is 102 cm³/mol. The Bertz CT molecular complexity index is 1020. The molecular weight excluding hydrogens is 385 g/mol. The summed E-state index contributed by atoms with van der Waals surface area (Å²) in [7, 11) is 0. The fraction of sp³-hybridized carbons (Fsp3) is 0.0952. The van der Waals surface area contributed by atoms with E-state index in [1.165, 1.54) is 24.4 Å². The third kappa shape index (κ3) is 5.14. The second-order valence-electron chi connectivity index (χ2n) is 6.07. The van der Waals surface area contributed by atoms with Gasteiger partial charge in [-0.15, -0.1) is 0 Å². The van der Waals surface area contributed by atoms with Crippen molar-refractivity contribution in [3.63, 3.8) is 0 Å². The highest BCUT2D eigenvalue weighted by Gasteiger charge is 2.09. The van der Waals surface area contributed by atoms with E-state index < -0.39 is 11.8 Å². The molecule has 0 fully saturated rings. The lowest BCUT2D eigenvalue weighted by Crippen LogP contribution is -2.06. The summed E-state index contributed by atoms with van der Waals surface area (Å²) in [6, 6.07) is 14.1. The van der Waals surface area contributed by atoms with Crippen LogP contribution in [0.1, 0.15) is 21.6 Å². The van der Waals surface area contributed by atoms with Gasteiger partial charge in [-0.25, -0.2) is 14.2 Å². The smallest absolute Gasteiger partial charge is 0.354 e. The molecule has 28 heavy (non-hydrogen) atoms. The van der Waals surface area contributed by atoms with Crippen molar-refractivity contribution in [3.8, 4) is 11.5 Å². The Hall–Kier alpha value is -3.25. The molecule has 0 amide bonds. The third-order valence-electron chi connectivity index (χ3n) is 3.90. The summed E-state index contributed by atoms with van der Waals surface area (Å²) in [5, 5.41) is 8.98. The van der Waals surface area contributed by atoms with Gasteiger partial charge in [0.2, 0.25) is 0 Å². The number of aromatic carboxylic acids is 1. The molecule has 0 spiro atoms. The molecule has 3 aromatic rings. The number of rotatable bonds is 7. The first-order valence-corrected chi connectivity index (χ1v) is 8.70. The zero-order valence-corrected chi connectivity index (χ0v) is 15.3. The van der Waals surface area contributed by atoms with Gasteiger partial charge < -0.3 is 9.84 Å². The monoisotopic (exact) mass is 399 g/mol. The summed E-state index contributed by atoms with van der Waals surface area (Å²) in [4.78, 5) is 26.9. The number of pyridine rings is 1. The van der Waals surface area contributed by atoms with Gasteiger partial charge in [0, 0.05) is 25.1 Å². The zero-order chi connectivity index (χ0) is 20.1. The Kier molecular flexibility index (Phi) is 6.01. The highest BCUT2D eigenvalue weighted by Crippen LogP contribution is 2.22. The van der Waals surface area contributed by atoms with Crippen LogP contribution in [-0.4, -0.2) is 21.8 Å². The lowest BCUT2D eigenvalue weighted by molar-refractivity contribution is -0.117. The van der Waals surface area contributed by atoms with Gasteiger partial charge in [-0.1, -0.05) is 29.8 Å². The molecule has 0 saturated heterocycles. The van der Waals surface area contributed by atoms with Crippen LogP contribution in [0.4, 0.5) is 4.39 Å². The number of benzene rings is 2.